The van der Waals surface area contributed by atoms with Gasteiger partial charge in [0.2, 0.25) is 0 Å². The summed E-state index contributed by atoms with van der Waals surface area (Å²) >= 11 is 0. The number of epoxide rings is 2. The predicted octanol–water partition coefficient (Wildman–Crippen LogP) is 0.731. The van der Waals surface area contributed by atoms with E-state index >= 15 is 0 Å². The molecule has 3 heterocycles. The number of hydrogen-bond acceptors (Lipinski definition) is 9. The van der Waals surface area contributed by atoms with Gasteiger partial charge in [0.25, 0.3) is 0 Å². The van der Waals surface area contributed by atoms with Crippen molar-refractivity contribution in [3.05, 3.63) is 23.3 Å². The molecule has 6 atom stereocenters. The molecule has 9 nitrogen and oxygen atoms in total. The zero-order valence-corrected chi connectivity index (χ0v) is 17.3. The molecule has 0 spiro atoms. The summed E-state index contributed by atoms with van der Waals surface area (Å²) < 4.78 is 28.2. The van der Waals surface area contributed by atoms with Crippen molar-refractivity contribution >= 4 is 17.9 Å². The van der Waals surface area contributed by atoms with Crippen molar-refractivity contribution in [1.82, 2.24) is 0 Å². The topological polar surface area (TPSA) is 124 Å². The number of aliphatic hydroxyl groups is 1. The van der Waals surface area contributed by atoms with Gasteiger partial charge in [-0.2, -0.15) is 0 Å². The Morgan fingerprint density at radius 2 is 2.00 bits per heavy atom. The van der Waals surface area contributed by atoms with Gasteiger partial charge in [-0.25, -0.2) is 9.59 Å². The first-order valence-electron chi connectivity index (χ1n) is 10.0. The molecule has 1 N–H and O–H groups in total. The Bertz CT molecular complexity index is 845. The Morgan fingerprint density at radius 3 is 2.67 bits per heavy atom. The average molecular weight is 422 g/mol. The van der Waals surface area contributed by atoms with Gasteiger partial charge in [-0.05, 0) is 26.7 Å². The molecule has 0 aromatic heterocycles. The van der Waals surface area contributed by atoms with Crippen molar-refractivity contribution in [1.29, 1.82) is 0 Å². The molecule has 30 heavy (non-hydrogen) atoms. The molecule has 1 saturated carbocycles. The maximum atomic E-state index is 12.7. The van der Waals surface area contributed by atoms with E-state index in [4.69, 9.17) is 23.7 Å². The van der Waals surface area contributed by atoms with Gasteiger partial charge >= 0.3 is 17.9 Å². The second-order valence-corrected chi connectivity index (χ2v) is 8.71. The van der Waals surface area contributed by atoms with Crippen LogP contribution in [0.5, 0.6) is 0 Å². The summed E-state index contributed by atoms with van der Waals surface area (Å²) in [5.41, 5.74) is -0.574. The first kappa shape index (κ1) is 21.0. The maximum absolute atomic E-state index is 12.7. The molecule has 0 aromatic carbocycles. The number of ether oxygens (including phenoxy) is 5. The molecule has 0 radical (unpaired) electrons. The largest absolute Gasteiger partial charge is 0.461 e. The first-order chi connectivity index (χ1) is 14.1. The van der Waals surface area contributed by atoms with E-state index in [1.165, 1.54) is 6.92 Å². The molecule has 0 aromatic rings. The van der Waals surface area contributed by atoms with Crippen molar-refractivity contribution in [2.45, 2.75) is 75.7 Å². The molecule has 2 saturated heterocycles. The first-order valence-corrected chi connectivity index (χ1v) is 10.0. The normalized spacial score (nSPS) is 39.1. The summed E-state index contributed by atoms with van der Waals surface area (Å²) in [6, 6.07) is 0. The van der Waals surface area contributed by atoms with E-state index in [1.54, 1.807) is 0 Å². The minimum atomic E-state index is -0.885. The number of carbonyl (C=O) groups excluding carboxylic acids is 3. The van der Waals surface area contributed by atoms with Crippen LogP contribution in [0.4, 0.5) is 0 Å². The van der Waals surface area contributed by atoms with Crippen LogP contribution in [0.15, 0.2) is 23.3 Å². The van der Waals surface area contributed by atoms with Crippen LogP contribution in [-0.4, -0.2) is 71.8 Å². The SMILES string of the molecule is C=C(CO)C(=O)O[C@H]1C[C@@]2(C)O[C@@H]2CC[C@@]2(C)O[C@@H]2[C@H]2OC(=O)C(COC(C)=O)=C12. The predicted molar refractivity (Wildman–Crippen MR) is 100 cm³/mol. The lowest BCUT2D eigenvalue weighted by Gasteiger charge is -2.26. The summed E-state index contributed by atoms with van der Waals surface area (Å²) in [6.07, 6.45) is -0.253. The summed E-state index contributed by atoms with van der Waals surface area (Å²) in [7, 11) is 0. The third-order valence-electron chi connectivity index (χ3n) is 6.38. The molecule has 3 fully saturated rings. The Labute approximate surface area is 173 Å². The van der Waals surface area contributed by atoms with E-state index in [0.717, 1.165) is 12.8 Å². The van der Waals surface area contributed by atoms with Crippen LogP contribution in [0.3, 0.4) is 0 Å². The number of aliphatic hydroxyl groups excluding tert-OH is 1. The van der Waals surface area contributed by atoms with E-state index in [2.05, 4.69) is 6.58 Å². The van der Waals surface area contributed by atoms with Crippen molar-refractivity contribution in [2.75, 3.05) is 13.2 Å². The number of rotatable bonds is 5. The molecule has 0 bridgehead atoms. The highest BCUT2D eigenvalue weighted by Gasteiger charge is 2.65. The van der Waals surface area contributed by atoms with E-state index in [-0.39, 0.29) is 30.3 Å². The molecule has 0 amide bonds. The molecule has 3 aliphatic heterocycles. The highest BCUT2D eigenvalue weighted by Crippen LogP contribution is 2.54. The lowest BCUT2D eigenvalue weighted by atomic mass is 9.83. The van der Waals surface area contributed by atoms with Gasteiger partial charge in [-0.15, -0.1) is 0 Å². The van der Waals surface area contributed by atoms with Gasteiger partial charge in [-0.1, -0.05) is 6.58 Å². The third-order valence-corrected chi connectivity index (χ3v) is 6.38. The second kappa shape index (κ2) is 7.18. The molecule has 4 aliphatic rings. The number of carbonyl (C=O) groups is 3. The molecule has 4 rings (SSSR count). The van der Waals surface area contributed by atoms with Crippen molar-refractivity contribution in [3.8, 4) is 0 Å². The van der Waals surface area contributed by atoms with E-state index in [9.17, 15) is 19.5 Å². The summed E-state index contributed by atoms with van der Waals surface area (Å²) in [5.74, 6) is -1.96. The second-order valence-electron chi connectivity index (χ2n) is 8.71. The van der Waals surface area contributed by atoms with Gasteiger partial charge in [-0.3, -0.25) is 4.79 Å². The Morgan fingerprint density at radius 1 is 1.27 bits per heavy atom. The fourth-order valence-corrected chi connectivity index (χ4v) is 4.41. The summed E-state index contributed by atoms with van der Waals surface area (Å²) in [6.45, 7) is 7.78. The minimum absolute atomic E-state index is 0.0199. The van der Waals surface area contributed by atoms with Crippen LogP contribution in [0.2, 0.25) is 0 Å². The lowest BCUT2D eigenvalue weighted by molar-refractivity contribution is -0.144. The standard InChI is InChI=1S/C21H26O9/c1-10(8-22)18(24)27-13-7-21(4)14(29-21)5-6-20(3)17(30-20)16-15(13)12(19(25)28-16)9-26-11(2)23/h13-14,16-17,22H,1,5-9H2,2-4H3/t13-,14+,16-,17+,20+,21+/m0/s1. The average Bonchev–Trinajstić information content (AvgIpc) is 3.50. The van der Waals surface area contributed by atoms with Crippen LogP contribution < -0.4 is 0 Å². The van der Waals surface area contributed by atoms with Crippen LogP contribution in [0.25, 0.3) is 0 Å². The summed E-state index contributed by atoms with van der Waals surface area (Å²) in [4.78, 5) is 36.4. The molecule has 164 valence electrons. The molecule has 9 heteroatoms. The minimum Gasteiger partial charge on any atom is -0.461 e. The highest BCUT2D eigenvalue weighted by molar-refractivity contribution is 5.94. The maximum Gasteiger partial charge on any atom is 0.338 e. The Kier molecular flexibility index (Phi) is 5.03. The highest BCUT2D eigenvalue weighted by atomic mass is 16.7. The molecule has 1 aliphatic carbocycles. The Balaban J connectivity index is 1.74. The van der Waals surface area contributed by atoms with Gasteiger partial charge < -0.3 is 28.8 Å². The van der Waals surface area contributed by atoms with Crippen molar-refractivity contribution in [2.24, 2.45) is 0 Å². The van der Waals surface area contributed by atoms with E-state index in [0.29, 0.717) is 5.57 Å². The van der Waals surface area contributed by atoms with Crippen LogP contribution in [-0.2, 0) is 38.1 Å². The van der Waals surface area contributed by atoms with Gasteiger partial charge in [0.05, 0.1) is 35.1 Å². The zero-order valence-electron chi connectivity index (χ0n) is 17.3. The van der Waals surface area contributed by atoms with Crippen LogP contribution >= 0.6 is 0 Å². The Hall–Kier alpha value is -2.23. The van der Waals surface area contributed by atoms with Crippen molar-refractivity contribution < 1.29 is 43.2 Å². The fraction of sp³-hybridized carbons (Fsp3) is 0.667. The molecular formula is C21H26O9. The van der Waals surface area contributed by atoms with E-state index < -0.39 is 54.0 Å². The van der Waals surface area contributed by atoms with Gasteiger partial charge in [0.1, 0.15) is 18.8 Å². The molecule has 0 unspecified atom stereocenters. The fourth-order valence-electron chi connectivity index (χ4n) is 4.41. The smallest absolute Gasteiger partial charge is 0.338 e. The number of fused-ring (bicyclic) bond motifs is 4. The van der Waals surface area contributed by atoms with Gasteiger partial charge in [0, 0.05) is 18.9 Å². The van der Waals surface area contributed by atoms with Crippen molar-refractivity contribution in [3.63, 3.8) is 0 Å². The number of esters is 3. The monoisotopic (exact) mass is 422 g/mol. The number of hydrogen-bond donors (Lipinski definition) is 1. The summed E-state index contributed by atoms with van der Waals surface area (Å²) in [5, 5.41) is 9.24. The quantitative estimate of drug-likeness (QED) is 0.295. The molecular weight excluding hydrogens is 396 g/mol. The van der Waals surface area contributed by atoms with Gasteiger partial charge in [0.15, 0.2) is 6.10 Å². The lowest BCUT2D eigenvalue weighted by Crippen LogP contribution is -2.36. The third kappa shape index (κ3) is 3.66. The van der Waals surface area contributed by atoms with Crippen LogP contribution in [0.1, 0.15) is 40.0 Å². The van der Waals surface area contributed by atoms with E-state index in [1.807, 2.05) is 13.8 Å². The van der Waals surface area contributed by atoms with Crippen LogP contribution in [0, 0.1) is 0 Å². The zero-order chi connectivity index (χ0) is 21.8.